The van der Waals surface area contributed by atoms with Crippen molar-refractivity contribution in [2.75, 3.05) is 4.90 Å². The average molecular weight is 721 g/mol. The zero-order chi connectivity index (χ0) is 36.7. The summed E-state index contributed by atoms with van der Waals surface area (Å²) in [6, 6.07) is 66.6. The molecule has 1 aliphatic carbocycles. The van der Waals surface area contributed by atoms with E-state index >= 15 is 0 Å². The lowest BCUT2D eigenvalue weighted by Crippen LogP contribution is -2.16. The molecule has 0 unspecified atom stereocenters. The molecule has 0 saturated heterocycles. The van der Waals surface area contributed by atoms with Gasteiger partial charge in [-0.3, -0.25) is 0 Å². The van der Waals surface area contributed by atoms with Crippen molar-refractivity contribution in [3.63, 3.8) is 0 Å². The summed E-state index contributed by atoms with van der Waals surface area (Å²) < 4.78 is 1.22. The quantitative estimate of drug-likeness (QED) is 0.165. The molecule has 11 rings (SSSR count). The number of anilines is 3. The van der Waals surface area contributed by atoms with Crippen molar-refractivity contribution < 1.29 is 0 Å². The zero-order valence-electron chi connectivity index (χ0n) is 30.6. The fraction of sp³-hybridized carbons (Fsp3) is 0.0577. The fourth-order valence-electron chi connectivity index (χ4n) is 8.95. The first-order valence-electron chi connectivity index (χ1n) is 19.0. The van der Waals surface area contributed by atoms with Crippen molar-refractivity contribution in [3.05, 3.63) is 193 Å². The summed E-state index contributed by atoms with van der Waals surface area (Å²) in [6.45, 7) is 4.73. The number of thiazole rings is 1. The van der Waals surface area contributed by atoms with Crippen molar-refractivity contribution >= 4 is 70.9 Å². The van der Waals surface area contributed by atoms with E-state index in [1.165, 1.54) is 70.4 Å². The summed E-state index contributed by atoms with van der Waals surface area (Å²) in [4.78, 5) is 7.66. The van der Waals surface area contributed by atoms with E-state index in [-0.39, 0.29) is 5.41 Å². The number of aromatic nitrogens is 1. The first-order valence-corrected chi connectivity index (χ1v) is 19.8. The van der Waals surface area contributed by atoms with E-state index in [4.69, 9.17) is 4.98 Å². The number of fused-ring (bicyclic) bond motifs is 10. The van der Waals surface area contributed by atoms with E-state index in [0.717, 1.165) is 33.1 Å². The maximum Gasteiger partial charge on any atom is 0.124 e. The number of nitrogens with zero attached hydrogens (tertiary/aromatic N) is 2. The van der Waals surface area contributed by atoms with Gasteiger partial charge in [-0.25, -0.2) is 4.98 Å². The van der Waals surface area contributed by atoms with E-state index in [2.05, 4.69) is 201 Å². The Bertz CT molecular complexity index is 3110. The number of benzene rings is 9. The molecular formula is C52H36N2S. The highest BCUT2D eigenvalue weighted by atomic mass is 32.1. The predicted molar refractivity (Wildman–Crippen MR) is 235 cm³/mol. The largest absolute Gasteiger partial charge is 0.310 e. The van der Waals surface area contributed by atoms with Crippen LogP contribution in [-0.2, 0) is 5.41 Å². The molecule has 55 heavy (non-hydrogen) atoms. The number of rotatable bonds is 5. The van der Waals surface area contributed by atoms with E-state index < -0.39 is 0 Å². The Morgan fingerprint density at radius 1 is 0.473 bits per heavy atom. The molecule has 0 atom stereocenters. The SMILES string of the molecule is CC1(C)c2ccccc2-c2ccc(N(c3ccc(-c4ccccc4)cc3)c3cc4ccccc4c4c3ccc3ccc5nc(-c6ccccc6)sc5c34)cc21. The average Bonchev–Trinajstić information content (AvgIpc) is 3.78. The van der Waals surface area contributed by atoms with E-state index in [1.807, 2.05) is 0 Å². The van der Waals surface area contributed by atoms with Gasteiger partial charge in [0.1, 0.15) is 5.01 Å². The van der Waals surface area contributed by atoms with Crippen LogP contribution >= 0.6 is 11.3 Å². The van der Waals surface area contributed by atoms with Crippen LogP contribution in [0.4, 0.5) is 17.1 Å². The van der Waals surface area contributed by atoms with Crippen LogP contribution in [0.2, 0.25) is 0 Å². The summed E-state index contributed by atoms with van der Waals surface area (Å²) in [6.07, 6.45) is 0. The Hall–Kier alpha value is -6.55. The minimum absolute atomic E-state index is 0.124. The summed E-state index contributed by atoms with van der Waals surface area (Å²) >= 11 is 1.79. The minimum atomic E-state index is -0.124. The van der Waals surface area contributed by atoms with E-state index in [9.17, 15) is 0 Å². The van der Waals surface area contributed by atoms with Gasteiger partial charge in [-0.1, -0.05) is 159 Å². The lowest BCUT2D eigenvalue weighted by atomic mass is 9.82. The van der Waals surface area contributed by atoms with Crippen molar-refractivity contribution in [2.45, 2.75) is 19.3 Å². The van der Waals surface area contributed by atoms with E-state index in [0.29, 0.717) is 0 Å². The molecular weight excluding hydrogens is 685 g/mol. The van der Waals surface area contributed by atoms with Gasteiger partial charge in [0, 0.05) is 38.5 Å². The van der Waals surface area contributed by atoms with Gasteiger partial charge in [-0.05, 0) is 85.9 Å². The first kappa shape index (κ1) is 31.9. The van der Waals surface area contributed by atoms with Gasteiger partial charge < -0.3 is 4.90 Å². The van der Waals surface area contributed by atoms with Crippen LogP contribution in [-0.4, -0.2) is 4.98 Å². The predicted octanol–water partition coefficient (Wildman–Crippen LogP) is 14.9. The second-order valence-electron chi connectivity index (χ2n) is 15.2. The second kappa shape index (κ2) is 12.2. The molecule has 0 radical (unpaired) electrons. The molecule has 0 N–H and O–H groups in total. The number of hydrogen-bond donors (Lipinski definition) is 0. The van der Waals surface area contributed by atoms with Crippen LogP contribution in [0.25, 0.3) is 75.4 Å². The molecule has 1 heterocycles. The van der Waals surface area contributed by atoms with Crippen LogP contribution in [0.15, 0.2) is 182 Å². The van der Waals surface area contributed by atoms with Crippen LogP contribution in [0.3, 0.4) is 0 Å². The molecule has 9 aromatic carbocycles. The Morgan fingerprint density at radius 2 is 1.13 bits per heavy atom. The summed E-state index contributed by atoms with van der Waals surface area (Å²) in [7, 11) is 0. The third-order valence-electron chi connectivity index (χ3n) is 11.7. The van der Waals surface area contributed by atoms with Gasteiger partial charge in [0.2, 0.25) is 0 Å². The molecule has 3 heteroatoms. The first-order chi connectivity index (χ1) is 27.0. The van der Waals surface area contributed by atoms with Crippen LogP contribution in [0.5, 0.6) is 0 Å². The molecule has 0 bridgehead atoms. The number of hydrogen-bond acceptors (Lipinski definition) is 3. The monoisotopic (exact) mass is 720 g/mol. The molecule has 1 aromatic heterocycles. The molecule has 0 fully saturated rings. The Morgan fingerprint density at radius 3 is 1.95 bits per heavy atom. The van der Waals surface area contributed by atoms with Crippen LogP contribution < -0.4 is 4.90 Å². The highest BCUT2D eigenvalue weighted by molar-refractivity contribution is 7.22. The standard InChI is InChI=1S/C52H36N2S/c1-52(2)44-20-12-11-19-41(44)42-29-27-39(32-45(42)52)54(38-25-21-34(22-26-38)33-13-5-3-6-14-33)47-31-37-17-9-10-18-40(37)49-43(47)28-23-35-24-30-46-50(48(35)49)55-51(53-46)36-15-7-4-8-16-36/h3-32H,1-2H3. The van der Waals surface area contributed by atoms with Gasteiger partial charge in [0.15, 0.2) is 0 Å². The smallest absolute Gasteiger partial charge is 0.124 e. The van der Waals surface area contributed by atoms with Crippen molar-refractivity contribution in [3.8, 4) is 32.8 Å². The summed E-state index contributed by atoms with van der Waals surface area (Å²) in [5.74, 6) is 0. The normalized spacial score (nSPS) is 13.1. The molecule has 0 amide bonds. The van der Waals surface area contributed by atoms with Gasteiger partial charge in [-0.2, -0.15) is 0 Å². The Labute approximate surface area is 324 Å². The Kier molecular flexibility index (Phi) is 7.11. The van der Waals surface area contributed by atoms with Crippen molar-refractivity contribution in [1.29, 1.82) is 0 Å². The van der Waals surface area contributed by atoms with E-state index in [1.54, 1.807) is 11.3 Å². The lowest BCUT2D eigenvalue weighted by Gasteiger charge is -2.30. The lowest BCUT2D eigenvalue weighted by molar-refractivity contribution is 0.660. The third-order valence-corrected chi connectivity index (χ3v) is 12.8. The van der Waals surface area contributed by atoms with Crippen molar-refractivity contribution in [1.82, 2.24) is 4.98 Å². The van der Waals surface area contributed by atoms with Gasteiger partial charge in [-0.15, -0.1) is 11.3 Å². The second-order valence-corrected chi connectivity index (χ2v) is 16.1. The van der Waals surface area contributed by atoms with Gasteiger partial charge in [0.25, 0.3) is 0 Å². The molecule has 260 valence electrons. The van der Waals surface area contributed by atoms with Gasteiger partial charge >= 0.3 is 0 Å². The highest BCUT2D eigenvalue weighted by Gasteiger charge is 2.36. The topological polar surface area (TPSA) is 16.1 Å². The fourth-order valence-corrected chi connectivity index (χ4v) is 10.1. The third kappa shape index (κ3) is 4.97. The maximum absolute atomic E-state index is 5.18. The molecule has 1 aliphatic rings. The Balaban J connectivity index is 1.20. The molecule has 2 nitrogen and oxygen atoms in total. The molecule has 0 spiro atoms. The minimum Gasteiger partial charge on any atom is -0.310 e. The highest BCUT2D eigenvalue weighted by Crippen LogP contribution is 2.52. The van der Waals surface area contributed by atoms with Crippen molar-refractivity contribution in [2.24, 2.45) is 0 Å². The maximum atomic E-state index is 5.18. The summed E-state index contributed by atoms with van der Waals surface area (Å²) in [5, 5.41) is 8.46. The van der Waals surface area contributed by atoms with Gasteiger partial charge in [0.05, 0.1) is 15.9 Å². The molecule has 0 saturated carbocycles. The summed E-state index contributed by atoms with van der Waals surface area (Å²) in [5.41, 5.74) is 13.3. The molecule has 0 aliphatic heterocycles. The van der Waals surface area contributed by atoms with Crippen LogP contribution in [0.1, 0.15) is 25.0 Å². The zero-order valence-corrected chi connectivity index (χ0v) is 31.4. The van der Waals surface area contributed by atoms with Crippen LogP contribution in [0, 0.1) is 0 Å². The molecule has 10 aromatic rings.